The first-order chi connectivity index (χ1) is 10.9. The molecule has 2 nitrogen and oxygen atoms in total. The van der Waals surface area contributed by atoms with Crippen molar-refractivity contribution in [1.82, 2.24) is 0 Å². The van der Waals surface area contributed by atoms with Gasteiger partial charge in [0.1, 0.15) is 4.58 Å². The Morgan fingerprint density at radius 2 is 1.14 bits per heavy atom. The summed E-state index contributed by atoms with van der Waals surface area (Å²) < 4.78 is 20.6. The summed E-state index contributed by atoms with van der Waals surface area (Å²) in [5.74, 6) is 2.51. The molecule has 0 N–H and O–H groups in total. The van der Waals surface area contributed by atoms with Crippen molar-refractivity contribution in [2.45, 2.75) is 10.9 Å². The van der Waals surface area contributed by atoms with Crippen molar-refractivity contribution in [1.29, 1.82) is 0 Å². The Labute approximate surface area is 163 Å². The van der Waals surface area contributed by atoms with Gasteiger partial charge in [0.05, 0.1) is 38.6 Å². The molecule has 0 atom stereocenters. The van der Waals surface area contributed by atoms with Crippen LogP contribution in [0, 0.1) is 0 Å². The first-order valence-corrected chi connectivity index (χ1v) is 13.6. The van der Waals surface area contributed by atoms with Crippen LogP contribution in [0.2, 0.25) is 0 Å². The van der Waals surface area contributed by atoms with Gasteiger partial charge in [0.25, 0.3) is 0 Å². The molecule has 0 spiro atoms. The maximum absolute atomic E-state index is 5.65. The van der Waals surface area contributed by atoms with Crippen LogP contribution in [-0.2, 0) is 9.47 Å². The minimum absolute atomic E-state index is 0.0325. The summed E-state index contributed by atoms with van der Waals surface area (Å²) in [6.45, 7) is 1.48. The van der Waals surface area contributed by atoms with E-state index in [0.717, 1.165) is 13.2 Å². The van der Waals surface area contributed by atoms with Crippen molar-refractivity contribution in [3.05, 3.63) is 25.4 Å². The fourth-order valence-corrected chi connectivity index (χ4v) is 15.3. The van der Waals surface area contributed by atoms with Gasteiger partial charge in [0.15, 0.2) is 6.29 Å². The van der Waals surface area contributed by atoms with E-state index in [0.29, 0.717) is 4.58 Å². The molecular formula is C12H10O2S8. The highest BCUT2D eigenvalue weighted by Crippen LogP contribution is 2.70. The lowest BCUT2D eigenvalue weighted by atomic mass is 10.7. The Morgan fingerprint density at radius 1 is 0.636 bits per heavy atom. The SMILES string of the molecule is C1COC(C2SC3=C(SC(=C4SC5=C(SCCS5)S4)S3)S2)O1. The molecule has 0 aliphatic carbocycles. The second-order valence-electron chi connectivity index (χ2n) is 4.54. The van der Waals surface area contributed by atoms with Crippen molar-refractivity contribution in [2.75, 3.05) is 24.7 Å². The molecule has 5 heterocycles. The highest BCUT2D eigenvalue weighted by atomic mass is 32.3. The van der Waals surface area contributed by atoms with Gasteiger partial charge in [-0.05, 0) is 0 Å². The molecule has 0 radical (unpaired) electrons. The quantitative estimate of drug-likeness (QED) is 0.480. The van der Waals surface area contributed by atoms with Crippen LogP contribution in [0.1, 0.15) is 0 Å². The maximum Gasteiger partial charge on any atom is 0.179 e. The van der Waals surface area contributed by atoms with Gasteiger partial charge >= 0.3 is 0 Å². The minimum Gasteiger partial charge on any atom is -0.348 e. The van der Waals surface area contributed by atoms with Crippen LogP contribution in [0.25, 0.3) is 0 Å². The van der Waals surface area contributed by atoms with Crippen molar-refractivity contribution in [2.24, 2.45) is 0 Å². The van der Waals surface area contributed by atoms with Gasteiger partial charge in [0, 0.05) is 11.5 Å². The average Bonchev–Trinajstić information content (AvgIpc) is 3.27. The molecule has 0 saturated carbocycles. The standard InChI is InChI=1S/C12H10O2S8/c1-2-14-5(13-1)6-17-9-10(18-6)22-12(21-9)11-19-7-8(20-11)16-4-3-15-7/h5-6H,1-4H2. The lowest BCUT2D eigenvalue weighted by molar-refractivity contribution is -0.0271. The summed E-state index contributed by atoms with van der Waals surface area (Å²) in [6, 6.07) is 0. The molecule has 5 rings (SSSR count). The van der Waals surface area contributed by atoms with Crippen LogP contribution in [0.15, 0.2) is 25.4 Å². The third-order valence-corrected chi connectivity index (χ3v) is 15.4. The molecule has 5 aliphatic heterocycles. The van der Waals surface area contributed by atoms with Crippen LogP contribution >= 0.6 is 94.1 Å². The summed E-state index contributed by atoms with van der Waals surface area (Å²) in [5, 5.41) is 0. The van der Waals surface area contributed by atoms with Crippen molar-refractivity contribution >= 4 is 94.1 Å². The van der Waals surface area contributed by atoms with E-state index in [1.807, 2.05) is 94.1 Å². The summed E-state index contributed by atoms with van der Waals surface area (Å²) in [7, 11) is 0. The molecule has 1 saturated heterocycles. The molecule has 0 aromatic heterocycles. The zero-order valence-corrected chi connectivity index (χ0v) is 17.6. The van der Waals surface area contributed by atoms with Gasteiger partial charge in [-0.1, -0.05) is 70.6 Å². The Kier molecular flexibility index (Phi) is 5.08. The topological polar surface area (TPSA) is 18.5 Å². The summed E-state index contributed by atoms with van der Waals surface area (Å²) in [5.41, 5.74) is 0. The van der Waals surface area contributed by atoms with E-state index in [2.05, 4.69) is 0 Å². The van der Waals surface area contributed by atoms with E-state index in [9.17, 15) is 0 Å². The molecule has 22 heavy (non-hydrogen) atoms. The van der Waals surface area contributed by atoms with Crippen molar-refractivity contribution in [3.8, 4) is 0 Å². The first kappa shape index (κ1) is 16.1. The number of ether oxygens (including phenoxy) is 2. The van der Waals surface area contributed by atoms with Gasteiger partial charge in [-0.3, -0.25) is 0 Å². The first-order valence-electron chi connectivity index (χ1n) is 6.63. The van der Waals surface area contributed by atoms with E-state index < -0.39 is 0 Å². The molecule has 0 aromatic rings. The lowest BCUT2D eigenvalue weighted by Crippen LogP contribution is -2.19. The Hall–Kier alpha value is 1.94. The maximum atomic E-state index is 5.65. The van der Waals surface area contributed by atoms with Gasteiger partial charge in [-0.15, -0.1) is 23.5 Å². The number of thioether (sulfide) groups is 8. The lowest BCUT2D eigenvalue weighted by Gasteiger charge is -2.17. The zero-order valence-electron chi connectivity index (χ0n) is 11.1. The van der Waals surface area contributed by atoms with Crippen LogP contribution in [0.4, 0.5) is 0 Å². The molecule has 10 heteroatoms. The van der Waals surface area contributed by atoms with Gasteiger partial charge in [-0.2, -0.15) is 0 Å². The second kappa shape index (κ2) is 6.92. The van der Waals surface area contributed by atoms with Crippen molar-refractivity contribution < 1.29 is 9.47 Å². The number of rotatable bonds is 1. The summed E-state index contributed by atoms with van der Waals surface area (Å²) >= 11 is 15.8. The number of hydrogen-bond donors (Lipinski definition) is 0. The Bertz CT molecular complexity index is 566. The van der Waals surface area contributed by atoms with E-state index in [1.165, 1.54) is 36.9 Å². The molecule has 0 bridgehead atoms. The normalized spacial score (nSPS) is 30.0. The third kappa shape index (κ3) is 3.07. The molecule has 0 amide bonds. The second-order valence-corrected chi connectivity index (χ2v) is 15.0. The molecular weight excluding hydrogens is 433 g/mol. The fourth-order valence-electron chi connectivity index (χ4n) is 2.18. The van der Waals surface area contributed by atoms with E-state index in [1.54, 1.807) is 0 Å². The molecule has 118 valence electrons. The van der Waals surface area contributed by atoms with Gasteiger partial charge in [0.2, 0.25) is 0 Å². The van der Waals surface area contributed by atoms with Gasteiger partial charge < -0.3 is 9.47 Å². The summed E-state index contributed by atoms with van der Waals surface area (Å²) in [4.78, 5) is 0. The van der Waals surface area contributed by atoms with Crippen LogP contribution < -0.4 is 0 Å². The average molecular weight is 443 g/mol. The third-order valence-electron chi connectivity index (χ3n) is 3.11. The van der Waals surface area contributed by atoms with Crippen LogP contribution in [-0.4, -0.2) is 35.6 Å². The smallest absolute Gasteiger partial charge is 0.179 e. The van der Waals surface area contributed by atoms with Gasteiger partial charge in [-0.25, -0.2) is 0 Å². The highest BCUT2D eigenvalue weighted by molar-refractivity contribution is 8.48. The molecule has 5 aliphatic rings. The van der Waals surface area contributed by atoms with E-state index >= 15 is 0 Å². The molecule has 0 aromatic carbocycles. The monoisotopic (exact) mass is 442 g/mol. The Morgan fingerprint density at radius 3 is 1.68 bits per heavy atom. The Balaban J connectivity index is 1.26. The van der Waals surface area contributed by atoms with E-state index in [-0.39, 0.29) is 6.29 Å². The molecule has 0 unspecified atom stereocenters. The van der Waals surface area contributed by atoms with Crippen molar-refractivity contribution in [3.63, 3.8) is 0 Å². The molecule has 1 fully saturated rings. The van der Waals surface area contributed by atoms with E-state index in [4.69, 9.17) is 9.47 Å². The minimum atomic E-state index is -0.0325. The fraction of sp³-hybridized carbons (Fsp3) is 0.500. The predicted molar refractivity (Wildman–Crippen MR) is 111 cm³/mol. The van der Waals surface area contributed by atoms with Crippen LogP contribution in [0.5, 0.6) is 0 Å². The largest absolute Gasteiger partial charge is 0.348 e. The highest BCUT2D eigenvalue weighted by Gasteiger charge is 2.41. The zero-order chi connectivity index (χ0) is 14.5. The number of hydrogen-bond acceptors (Lipinski definition) is 10. The predicted octanol–water partition coefficient (Wildman–Crippen LogP) is 5.99. The summed E-state index contributed by atoms with van der Waals surface area (Å²) in [6.07, 6.45) is -0.0325. The van der Waals surface area contributed by atoms with Crippen LogP contribution in [0.3, 0.4) is 0 Å².